The molecule has 0 aliphatic carbocycles. The number of urea groups is 1. The summed E-state index contributed by atoms with van der Waals surface area (Å²) in [4.78, 5) is 26.2. The second kappa shape index (κ2) is 9.38. The fourth-order valence-corrected chi connectivity index (χ4v) is 4.77. The van der Waals surface area contributed by atoms with E-state index in [4.69, 9.17) is 4.74 Å². The molecule has 8 heteroatoms. The molecule has 3 aromatic carbocycles. The van der Waals surface area contributed by atoms with Crippen LogP contribution in [0.15, 0.2) is 85.8 Å². The first-order valence-electron chi connectivity index (χ1n) is 9.21. The number of carbonyl (C=O) groups is 2. The Balaban J connectivity index is 1.54. The van der Waals surface area contributed by atoms with Crippen molar-refractivity contribution in [3.05, 3.63) is 97.0 Å². The van der Waals surface area contributed by atoms with Gasteiger partial charge in [0.15, 0.2) is 0 Å². The lowest BCUT2D eigenvalue weighted by Crippen LogP contribution is -2.30. The van der Waals surface area contributed by atoms with E-state index >= 15 is 0 Å². The molecular weight excluding hydrogens is 592 g/mol. The third-order valence-electron chi connectivity index (χ3n) is 4.52. The van der Waals surface area contributed by atoms with Gasteiger partial charge < -0.3 is 10.1 Å². The van der Waals surface area contributed by atoms with Gasteiger partial charge in [0, 0.05) is 4.47 Å². The molecule has 1 saturated heterocycles. The van der Waals surface area contributed by atoms with Crippen molar-refractivity contribution in [2.24, 2.45) is 0 Å². The van der Waals surface area contributed by atoms with Gasteiger partial charge in [-0.15, -0.1) is 0 Å². The summed E-state index contributed by atoms with van der Waals surface area (Å²) in [5.41, 5.74) is 2.49. The fraction of sp³-hybridized carbons (Fsp3) is 0.0435. The van der Waals surface area contributed by atoms with Gasteiger partial charge in [0.25, 0.3) is 5.91 Å². The van der Waals surface area contributed by atoms with Gasteiger partial charge >= 0.3 is 6.03 Å². The topological polar surface area (TPSA) is 58.6 Å². The molecule has 4 rings (SSSR count). The number of hydrogen-bond acceptors (Lipinski definition) is 3. The van der Waals surface area contributed by atoms with Crippen LogP contribution in [0.25, 0.3) is 6.08 Å². The second-order valence-corrected chi connectivity index (χ2v) is 9.32. The number of benzene rings is 3. The first kappa shape index (κ1) is 21.8. The Hall–Kier alpha value is -2.42. The highest BCUT2D eigenvalue weighted by molar-refractivity contribution is 9.11. The van der Waals surface area contributed by atoms with Crippen LogP contribution in [0.3, 0.4) is 0 Å². The molecule has 0 saturated carbocycles. The van der Waals surface area contributed by atoms with Gasteiger partial charge in [-0.1, -0.05) is 46.3 Å². The van der Waals surface area contributed by atoms with Crippen LogP contribution in [0.4, 0.5) is 10.5 Å². The lowest BCUT2D eigenvalue weighted by atomic mass is 10.1. The van der Waals surface area contributed by atoms with Crippen molar-refractivity contribution in [3.63, 3.8) is 0 Å². The molecule has 1 aliphatic heterocycles. The third kappa shape index (κ3) is 4.92. The summed E-state index contributed by atoms with van der Waals surface area (Å²) in [6, 6.07) is 19.9. The molecule has 3 amide bonds. The number of nitrogens with zero attached hydrogens (tertiary/aromatic N) is 1. The van der Waals surface area contributed by atoms with E-state index in [1.807, 2.05) is 42.5 Å². The standard InChI is InChI=1S/C23H15Br3N2O3/c24-16-8-6-14(7-9-16)13-31-21-18(25)10-15(11-19(21)26)12-20-22(29)28(23(30)27-20)17-4-2-1-3-5-17/h1-12H,13H2,(H,27,30)/b20-12+. The van der Waals surface area contributed by atoms with Gasteiger partial charge in [-0.25, -0.2) is 9.69 Å². The molecule has 1 N–H and O–H groups in total. The normalized spacial score (nSPS) is 14.8. The largest absolute Gasteiger partial charge is 0.487 e. The zero-order chi connectivity index (χ0) is 22.0. The maximum Gasteiger partial charge on any atom is 0.333 e. The highest BCUT2D eigenvalue weighted by atomic mass is 79.9. The van der Waals surface area contributed by atoms with Crippen molar-refractivity contribution >= 4 is 71.5 Å². The molecule has 156 valence electrons. The number of ether oxygens (including phenoxy) is 1. The van der Waals surface area contributed by atoms with E-state index in [1.54, 1.807) is 30.3 Å². The average molecular weight is 607 g/mol. The Morgan fingerprint density at radius 1 is 0.903 bits per heavy atom. The molecule has 1 aliphatic rings. The lowest BCUT2D eigenvalue weighted by Gasteiger charge is -2.12. The number of amides is 3. The van der Waals surface area contributed by atoms with E-state index < -0.39 is 11.9 Å². The molecule has 31 heavy (non-hydrogen) atoms. The van der Waals surface area contributed by atoms with Gasteiger partial charge in [0.1, 0.15) is 18.1 Å². The van der Waals surface area contributed by atoms with Crippen molar-refractivity contribution in [1.82, 2.24) is 5.32 Å². The van der Waals surface area contributed by atoms with E-state index in [-0.39, 0.29) is 5.70 Å². The van der Waals surface area contributed by atoms with Crippen LogP contribution >= 0.6 is 47.8 Å². The summed E-state index contributed by atoms with van der Waals surface area (Å²) in [6.07, 6.45) is 1.64. The summed E-state index contributed by atoms with van der Waals surface area (Å²) < 4.78 is 8.42. The SMILES string of the molecule is O=C1N/C(=C/c2cc(Br)c(OCc3ccc(Br)cc3)c(Br)c2)C(=O)N1c1ccccc1. The highest BCUT2D eigenvalue weighted by Gasteiger charge is 2.34. The fourth-order valence-electron chi connectivity index (χ4n) is 3.05. The highest BCUT2D eigenvalue weighted by Crippen LogP contribution is 2.36. The van der Waals surface area contributed by atoms with Crippen LogP contribution in [0.2, 0.25) is 0 Å². The number of anilines is 1. The van der Waals surface area contributed by atoms with Crippen molar-refractivity contribution in [2.45, 2.75) is 6.61 Å². The minimum absolute atomic E-state index is 0.205. The van der Waals surface area contributed by atoms with Crippen LogP contribution in [0.5, 0.6) is 5.75 Å². The van der Waals surface area contributed by atoms with E-state index in [1.165, 1.54) is 0 Å². The van der Waals surface area contributed by atoms with E-state index in [2.05, 4.69) is 53.1 Å². The Morgan fingerprint density at radius 2 is 1.55 bits per heavy atom. The molecule has 0 radical (unpaired) electrons. The van der Waals surface area contributed by atoms with E-state index in [9.17, 15) is 9.59 Å². The maximum absolute atomic E-state index is 12.8. The Kier molecular flexibility index (Phi) is 6.60. The Bertz CT molecular complexity index is 1160. The van der Waals surface area contributed by atoms with Crippen LogP contribution in [-0.4, -0.2) is 11.9 Å². The Morgan fingerprint density at radius 3 is 2.19 bits per heavy atom. The summed E-state index contributed by atoms with van der Waals surface area (Å²) in [6.45, 7) is 0.408. The maximum atomic E-state index is 12.8. The Labute approximate surface area is 204 Å². The monoisotopic (exact) mass is 604 g/mol. The van der Waals surface area contributed by atoms with Crippen molar-refractivity contribution in [1.29, 1.82) is 0 Å². The predicted octanol–water partition coefficient (Wildman–Crippen LogP) is 6.65. The number of imide groups is 1. The van der Waals surface area contributed by atoms with E-state index in [0.29, 0.717) is 18.0 Å². The number of nitrogens with one attached hydrogen (secondary N) is 1. The quantitative estimate of drug-likeness (QED) is 0.261. The summed E-state index contributed by atoms with van der Waals surface area (Å²) >= 11 is 10.5. The molecule has 1 heterocycles. The number of halogens is 3. The molecule has 1 fully saturated rings. The molecule has 0 atom stereocenters. The molecule has 0 unspecified atom stereocenters. The number of para-hydroxylation sites is 1. The summed E-state index contributed by atoms with van der Waals surface area (Å²) in [5.74, 6) is 0.247. The van der Waals surface area contributed by atoms with Crippen molar-refractivity contribution in [2.75, 3.05) is 4.90 Å². The first-order valence-corrected chi connectivity index (χ1v) is 11.6. The number of hydrogen-bond donors (Lipinski definition) is 1. The van der Waals surface area contributed by atoms with E-state index in [0.717, 1.165) is 29.4 Å². The van der Waals surface area contributed by atoms with Gasteiger partial charge in [0.05, 0.1) is 14.6 Å². The van der Waals surface area contributed by atoms with Crippen LogP contribution in [-0.2, 0) is 11.4 Å². The first-order chi connectivity index (χ1) is 14.9. The minimum atomic E-state index is -0.477. The second-order valence-electron chi connectivity index (χ2n) is 6.69. The van der Waals surface area contributed by atoms with Crippen LogP contribution in [0, 0.1) is 0 Å². The van der Waals surface area contributed by atoms with Gasteiger partial charge in [-0.05, 0) is 85.5 Å². The number of rotatable bonds is 5. The molecule has 0 bridgehead atoms. The molecule has 3 aromatic rings. The summed E-state index contributed by atoms with van der Waals surface area (Å²) in [7, 11) is 0. The molecule has 0 aromatic heterocycles. The predicted molar refractivity (Wildman–Crippen MR) is 131 cm³/mol. The van der Waals surface area contributed by atoms with Gasteiger partial charge in [-0.2, -0.15) is 0 Å². The smallest absolute Gasteiger partial charge is 0.333 e. The lowest BCUT2D eigenvalue weighted by molar-refractivity contribution is -0.113. The summed E-state index contributed by atoms with van der Waals surface area (Å²) in [5, 5.41) is 2.64. The zero-order valence-electron chi connectivity index (χ0n) is 15.9. The van der Waals surface area contributed by atoms with Crippen LogP contribution in [0.1, 0.15) is 11.1 Å². The molecule has 0 spiro atoms. The van der Waals surface area contributed by atoms with Crippen molar-refractivity contribution in [3.8, 4) is 5.75 Å². The minimum Gasteiger partial charge on any atom is -0.487 e. The zero-order valence-corrected chi connectivity index (χ0v) is 20.7. The van der Waals surface area contributed by atoms with Gasteiger partial charge in [-0.3, -0.25) is 4.79 Å². The average Bonchev–Trinajstić information content (AvgIpc) is 3.02. The number of carbonyl (C=O) groups excluding carboxylic acids is 2. The van der Waals surface area contributed by atoms with Crippen LogP contribution < -0.4 is 15.0 Å². The third-order valence-corrected chi connectivity index (χ3v) is 6.23. The molecular formula is C23H15Br3N2O3. The van der Waals surface area contributed by atoms with Gasteiger partial charge in [0.2, 0.25) is 0 Å². The molecule has 5 nitrogen and oxygen atoms in total. The van der Waals surface area contributed by atoms with Crippen molar-refractivity contribution < 1.29 is 14.3 Å².